The average molecular weight is 679 g/mol. The third-order valence-corrected chi connectivity index (χ3v) is 8.85. The Morgan fingerprint density at radius 3 is 1.12 bits per heavy atom. The maximum Gasteiger partial charge on any atom is 0.308 e. The van der Waals surface area contributed by atoms with Gasteiger partial charge < -0.3 is 29.5 Å². The Labute approximate surface area is 291 Å². The second-order valence-corrected chi connectivity index (χ2v) is 12.4. The van der Waals surface area contributed by atoms with Crippen LogP contribution in [0.1, 0.15) is 37.8 Å². The van der Waals surface area contributed by atoms with Gasteiger partial charge in [-0.15, -0.1) is 0 Å². The number of carboxylic acids is 2. The number of nitrogens with zero attached hydrogens (tertiary/aromatic N) is 2. The maximum atomic E-state index is 14.2. The Morgan fingerprint density at radius 2 is 0.820 bits per heavy atom. The van der Waals surface area contributed by atoms with Crippen molar-refractivity contribution < 1.29 is 38.9 Å². The van der Waals surface area contributed by atoms with Crippen LogP contribution in [0.25, 0.3) is 0 Å². The zero-order valence-electron chi connectivity index (χ0n) is 28.2. The SMILES string of the molecule is CCCN(Cc1ccc(Oc2ccccc2)cc1)C(=O)[C@@H]1[C@H](C(=O)O)[C@@H](C(=O)O)[C@@H]1C(=O)N(CCC)Cc1ccc(Oc2ccccc2)cc1. The van der Waals surface area contributed by atoms with Crippen LogP contribution in [0, 0.1) is 23.7 Å². The van der Waals surface area contributed by atoms with Gasteiger partial charge in [0.2, 0.25) is 11.8 Å². The maximum absolute atomic E-state index is 14.2. The van der Waals surface area contributed by atoms with Crippen LogP contribution in [0.15, 0.2) is 109 Å². The first-order valence-corrected chi connectivity index (χ1v) is 16.9. The van der Waals surface area contributed by atoms with Gasteiger partial charge in [0.25, 0.3) is 0 Å². The Hall–Kier alpha value is -5.64. The first-order chi connectivity index (χ1) is 24.2. The molecule has 5 rings (SSSR count). The minimum Gasteiger partial charge on any atom is -0.481 e. The van der Waals surface area contributed by atoms with Gasteiger partial charge >= 0.3 is 11.9 Å². The number of amides is 2. The highest BCUT2D eigenvalue weighted by Gasteiger charge is 2.64. The van der Waals surface area contributed by atoms with E-state index in [4.69, 9.17) is 9.47 Å². The summed E-state index contributed by atoms with van der Waals surface area (Å²) in [6.07, 6.45) is 1.16. The molecule has 0 unspecified atom stereocenters. The van der Waals surface area contributed by atoms with E-state index in [0.717, 1.165) is 11.1 Å². The topological polar surface area (TPSA) is 134 Å². The van der Waals surface area contributed by atoms with Crippen LogP contribution < -0.4 is 9.47 Å². The van der Waals surface area contributed by atoms with Gasteiger partial charge in [-0.1, -0.05) is 74.5 Å². The number of para-hydroxylation sites is 2. The molecule has 50 heavy (non-hydrogen) atoms. The summed E-state index contributed by atoms with van der Waals surface area (Å²) in [6, 6.07) is 33.1. The van der Waals surface area contributed by atoms with Crippen molar-refractivity contribution in [3.05, 3.63) is 120 Å². The number of carbonyl (C=O) groups is 4. The minimum atomic E-state index is -1.53. The van der Waals surface area contributed by atoms with Crippen LogP contribution in [-0.2, 0) is 32.3 Å². The van der Waals surface area contributed by atoms with Gasteiger partial charge in [-0.3, -0.25) is 19.2 Å². The lowest BCUT2D eigenvalue weighted by atomic mass is 9.55. The molecule has 4 aromatic rings. The molecule has 1 saturated carbocycles. The zero-order valence-corrected chi connectivity index (χ0v) is 28.2. The van der Waals surface area contributed by atoms with E-state index >= 15 is 0 Å². The largest absolute Gasteiger partial charge is 0.481 e. The Morgan fingerprint density at radius 1 is 0.500 bits per heavy atom. The van der Waals surface area contributed by atoms with Gasteiger partial charge in [-0.25, -0.2) is 0 Å². The van der Waals surface area contributed by atoms with E-state index in [0.29, 0.717) is 48.9 Å². The Balaban J connectivity index is 1.35. The second-order valence-electron chi connectivity index (χ2n) is 12.4. The fourth-order valence-corrected chi connectivity index (χ4v) is 6.49. The molecule has 1 aliphatic rings. The number of aliphatic carboxylic acids is 2. The summed E-state index contributed by atoms with van der Waals surface area (Å²) in [5, 5.41) is 20.3. The van der Waals surface area contributed by atoms with Crippen molar-refractivity contribution in [2.45, 2.75) is 39.8 Å². The van der Waals surface area contributed by atoms with Crippen molar-refractivity contribution in [1.29, 1.82) is 0 Å². The zero-order chi connectivity index (χ0) is 35.6. The van der Waals surface area contributed by atoms with E-state index in [9.17, 15) is 29.4 Å². The van der Waals surface area contributed by atoms with Crippen molar-refractivity contribution in [2.75, 3.05) is 13.1 Å². The van der Waals surface area contributed by atoms with Crippen LogP contribution in [-0.4, -0.2) is 56.9 Å². The molecule has 2 N–H and O–H groups in total. The summed E-state index contributed by atoms with van der Waals surface area (Å²) >= 11 is 0. The Kier molecular flexibility index (Phi) is 11.9. The van der Waals surface area contributed by atoms with Crippen LogP contribution in [0.4, 0.5) is 0 Å². The van der Waals surface area contributed by atoms with Crippen molar-refractivity contribution in [3.8, 4) is 23.0 Å². The molecule has 260 valence electrons. The number of hydrogen-bond acceptors (Lipinski definition) is 6. The third kappa shape index (κ3) is 8.49. The number of hydrogen-bond donors (Lipinski definition) is 2. The molecule has 2 amide bonds. The molecule has 4 atom stereocenters. The molecule has 0 saturated heterocycles. The fourth-order valence-electron chi connectivity index (χ4n) is 6.49. The number of carboxylic acid groups (broad SMARTS) is 2. The molecule has 0 heterocycles. The fraction of sp³-hybridized carbons (Fsp3) is 0.300. The van der Waals surface area contributed by atoms with Crippen LogP contribution in [0.2, 0.25) is 0 Å². The smallest absolute Gasteiger partial charge is 0.308 e. The lowest BCUT2D eigenvalue weighted by Gasteiger charge is -2.48. The van der Waals surface area contributed by atoms with E-state index < -0.39 is 47.4 Å². The molecule has 0 aliphatic heterocycles. The lowest BCUT2D eigenvalue weighted by Crippen LogP contribution is -2.64. The lowest BCUT2D eigenvalue weighted by molar-refractivity contribution is -0.187. The molecule has 0 radical (unpaired) electrons. The minimum absolute atomic E-state index is 0.163. The van der Waals surface area contributed by atoms with Crippen LogP contribution in [0.5, 0.6) is 23.0 Å². The van der Waals surface area contributed by atoms with Gasteiger partial charge in [-0.05, 0) is 72.5 Å². The summed E-state index contributed by atoms with van der Waals surface area (Å²) < 4.78 is 11.8. The molecule has 1 aliphatic carbocycles. The van der Waals surface area contributed by atoms with Crippen molar-refractivity contribution in [3.63, 3.8) is 0 Å². The number of rotatable bonds is 16. The summed E-state index contributed by atoms with van der Waals surface area (Å²) in [7, 11) is 0. The first-order valence-electron chi connectivity index (χ1n) is 16.9. The molecule has 0 spiro atoms. The number of carbonyl (C=O) groups excluding carboxylic acids is 2. The van der Waals surface area contributed by atoms with E-state index in [1.54, 1.807) is 24.3 Å². The van der Waals surface area contributed by atoms with E-state index in [-0.39, 0.29) is 13.1 Å². The molecule has 4 aromatic carbocycles. The van der Waals surface area contributed by atoms with E-state index in [1.165, 1.54) is 9.80 Å². The summed E-state index contributed by atoms with van der Waals surface area (Å²) in [6.45, 7) is 4.73. The first kappa shape index (κ1) is 35.7. The number of ether oxygens (including phenoxy) is 2. The van der Waals surface area contributed by atoms with Crippen LogP contribution >= 0.6 is 0 Å². The normalized spacial score (nSPS) is 18.0. The number of benzene rings is 4. The highest BCUT2D eigenvalue weighted by Crippen LogP contribution is 2.49. The average Bonchev–Trinajstić information content (AvgIpc) is 3.09. The molecule has 0 aromatic heterocycles. The summed E-state index contributed by atoms with van der Waals surface area (Å²) in [5.74, 6) is -7.03. The molecule has 0 bridgehead atoms. The van der Waals surface area contributed by atoms with E-state index in [2.05, 4.69) is 0 Å². The van der Waals surface area contributed by atoms with Gasteiger partial charge in [0.05, 0.1) is 23.7 Å². The molecular weight excluding hydrogens is 636 g/mol. The quantitative estimate of drug-likeness (QED) is 0.128. The van der Waals surface area contributed by atoms with Crippen molar-refractivity contribution >= 4 is 23.8 Å². The van der Waals surface area contributed by atoms with Gasteiger partial charge in [0.15, 0.2) is 0 Å². The monoisotopic (exact) mass is 678 g/mol. The molecular formula is C40H42N2O8. The van der Waals surface area contributed by atoms with Gasteiger partial charge in [0.1, 0.15) is 23.0 Å². The third-order valence-electron chi connectivity index (χ3n) is 8.85. The molecule has 10 heteroatoms. The summed E-state index contributed by atoms with van der Waals surface area (Å²) in [4.78, 5) is 56.4. The van der Waals surface area contributed by atoms with Gasteiger partial charge in [-0.2, -0.15) is 0 Å². The second kappa shape index (κ2) is 16.6. The van der Waals surface area contributed by atoms with Crippen molar-refractivity contribution in [2.24, 2.45) is 23.7 Å². The highest BCUT2D eigenvalue weighted by atomic mass is 16.5. The summed E-state index contributed by atoms with van der Waals surface area (Å²) in [5.41, 5.74) is 1.56. The standard InChI is InChI=1S/C40H42N2O8/c1-3-23-41(25-27-15-19-31(20-16-27)49-29-11-7-5-8-12-29)37(43)33-34(36(40(47)48)35(33)39(45)46)38(44)42(24-4-2)26-28-17-21-32(22-18-28)50-30-13-9-6-10-14-30/h5-22,33-36H,3-4,23-26H2,1-2H3,(H,45,46)(H,47,48)/t33-,34+,35-,36-/m0/s1. The predicted molar refractivity (Wildman–Crippen MR) is 187 cm³/mol. The predicted octanol–water partition coefficient (Wildman–Crippen LogP) is 7.10. The van der Waals surface area contributed by atoms with Crippen LogP contribution in [0.3, 0.4) is 0 Å². The van der Waals surface area contributed by atoms with Gasteiger partial charge in [0, 0.05) is 26.2 Å². The molecule has 10 nitrogen and oxygen atoms in total. The Bertz CT molecular complexity index is 1620. The van der Waals surface area contributed by atoms with E-state index in [1.807, 2.05) is 98.8 Å². The highest BCUT2D eigenvalue weighted by molar-refractivity contribution is 5.99. The molecule has 1 fully saturated rings. The van der Waals surface area contributed by atoms with Crippen molar-refractivity contribution in [1.82, 2.24) is 9.80 Å².